The summed E-state index contributed by atoms with van der Waals surface area (Å²) in [5, 5.41) is 0. The van der Waals surface area contributed by atoms with E-state index in [1.165, 1.54) is 7.11 Å². The van der Waals surface area contributed by atoms with Crippen LogP contribution in [0.15, 0.2) is 24.3 Å². The Morgan fingerprint density at radius 1 is 0.786 bits per heavy atom. The summed E-state index contributed by atoms with van der Waals surface area (Å²) in [5.74, 6) is -19.9. The van der Waals surface area contributed by atoms with E-state index in [0.717, 1.165) is 24.3 Å². The average molecular weight is 429 g/mol. The SMILES string of the molecule is COc1ccc(CN(C(=O)C(F)(F)C(F)(F)F)C(=O)C(F)(F)C(F)(F)F)cc1. The lowest BCUT2D eigenvalue weighted by Crippen LogP contribution is -2.59. The van der Waals surface area contributed by atoms with Crippen LogP contribution < -0.4 is 4.74 Å². The fraction of sp³-hybridized carbons (Fsp3) is 0.429. The third-order valence-corrected chi connectivity index (χ3v) is 3.24. The second kappa shape index (κ2) is 7.47. The number of hydrogen-bond donors (Lipinski definition) is 0. The molecule has 0 aliphatic rings. The summed E-state index contributed by atoms with van der Waals surface area (Å²) < 4.78 is 132. The number of hydrogen-bond acceptors (Lipinski definition) is 3. The Labute approximate surface area is 149 Å². The molecule has 0 aliphatic heterocycles. The van der Waals surface area contributed by atoms with E-state index in [4.69, 9.17) is 0 Å². The monoisotopic (exact) mass is 429 g/mol. The van der Waals surface area contributed by atoms with E-state index in [2.05, 4.69) is 4.74 Å². The second-order valence-electron chi connectivity index (χ2n) is 5.19. The van der Waals surface area contributed by atoms with Gasteiger partial charge in [0.15, 0.2) is 0 Å². The molecule has 1 rings (SSSR count). The van der Waals surface area contributed by atoms with Crippen molar-refractivity contribution < 1.29 is 58.2 Å². The predicted molar refractivity (Wildman–Crippen MR) is 70.6 cm³/mol. The molecule has 158 valence electrons. The number of rotatable bonds is 5. The molecule has 0 aliphatic carbocycles. The van der Waals surface area contributed by atoms with Crippen molar-refractivity contribution >= 4 is 11.8 Å². The molecule has 1 aromatic carbocycles. The first kappa shape index (κ1) is 23.5. The minimum absolute atomic E-state index is 0.0918. The second-order valence-corrected chi connectivity index (χ2v) is 5.19. The van der Waals surface area contributed by atoms with Crippen LogP contribution in [0.1, 0.15) is 5.56 Å². The fourth-order valence-corrected chi connectivity index (χ4v) is 1.73. The Balaban J connectivity index is 3.41. The van der Waals surface area contributed by atoms with Crippen LogP contribution in [-0.2, 0) is 16.1 Å². The molecular weight excluding hydrogens is 420 g/mol. The lowest BCUT2D eigenvalue weighted by atomic mass is 10.1. The van der Waals surface area contributed by atoms with Crippen molar-refractivity contribution in [2.75, 3.05) is 7.11 Å². The normalized spacial score (nSPS) is 13.2. The number of alkyl halides is 10. The van der Waals surface area contributed by atoms with Crippen molar-refractivity contribution in [1.29, 1.82) is 0 Å². The molecule has 14 heteroatoms. The van der Waals surface area contributed by atoms with Gasteiger partial charge in [0.25, 0.3) is 0 Å². The summed E-state index contributed by atoms with van der Waals surface area (Å²) in [6.45, 7) is -1.71. The van der Waals surface area contributed by atoms with Crippen molar-refractivity contribution in [1.82, 2.24) is 4.90 Å². The number of methoxy groups -OCH3 is 1. The van der Waals surface area contributed by atoms with Crippen LogP contribution in [0.25, 0.3) is 0 Å². The van der Waals surface area contributed by atoms with Crippen LogP contribution in [0, 0.1) is 0 Å². The van der Waals surface area contributed by atoms with Crippen LogP contribution in [0.5, 0.6) is 5.75 Å². The van der Waals surface area contributed by atoms with Gasteiger partial charge < -0.3 is 4.74 Å². The molecular formula is C14H9F10NO3. The molecule has 0 N–H and O–H groups in total. The Morgan fingerprint density at radius 2 is 1.14 bits per heavy atom. The van der Waals surface area contributed by atoms with Crippen LogP contribution in [0.4, 0.5) is 43.9 Å². The Bertz CT molecular complexity index is 686. The maximum Gasteiger partial charge on any atom is 0.463 e. The standard InChI is InChI=1S/C14H9F10NO3/c1-28-8-4-2-7(3-5-8)6-25(9(26)11(15,16)13(19,20)21)10(27)12(17,18)14(22,23)24/h2-5H,6H2,1H3. The van der Waals surface area contributed by atoms with E-state index in [1.807, 2.05) is 0 Å². The Morgan fingerprint density at radius 3 is 1.43 bits per heavy atom. The highest BCUT2D eigenvalue weighted by Gasteiger charge is 2.70. The molecule has 0 aromatic heterocycles. The minimum Gasteiger partial charge on any atom is -0.497 e. The van der Waals surface area contributed by atoms with E-state index in [9.17, 15) is 53.5 Å². The summed E-state index contributed by atoms with van der Waals surface area (Å²) in [5.41, 5.74) is -0.501. The fourth-order valence-electron chi connectivity index (χ4n) is 1.73. The maximum atomic E-state index is 13.2. The molecule has 0 spiro atoms. The maximum absolute atomic E-state index is 13.2. The largest absolute Gasteiger partial charge is 0.497 e. The van der Waals surface area contributed by atoms with Gasteiger partial charge in [-0.2, -0.15) is 43.9 Å². The third kappa shape index (κ3) is 4.47. The quantitative estimate of drug-likeness (QED) is 0.667. The molecule has 2 amide bonds. The number of nitrogens with zero attached hydrogens (tertiary/aromatic N) is 1. The van der Waals surface area contributed by atoms with Gasteiger partial charge in [0, 0.05) is 0 Å². The number of imide groups is 1. The first-order valence-corrected chi connectivity index (χ1v) is 6.85. The molecule has 0 atom stereocenters. The van der Waals surface area contributed by atoms with E-state index in [1.54, 1.807) is 0 Å². The molecule has 0 unspecified atom stereocenters. The van der Waals surface area contributed by atoms with Crippen LogP contribution in [-0.4, -0.2) is 48.0 Å². The summed E-state index contributed by atoms with van der Waals surface area (Å²) in [4.78, 5) is 21.4. The molecule has 0 radical (unpaired) electrons. The van der Waals surface area contributed by atoms with Gasteiger partial charge in [-0.3, -0.25) is 14.5 Å². The van der Waals surface area contributed by atoms with Crippen LogP contribution >= 0.6 is 0 Å². The summed E-state index contributed by atoms with van der Waals surface area (Å²) >= 11 is 0. The van der Waals surface area contributed by atoms with Crippen molar-refractivity contribution in [3.8, 4) is 5.75 Å². The van der Waals surface area contributed by atoms with E-state index in [-0.39, 0.29) is 5.75 Å². The Hall–Kier alpha value is -2.54. The molecule has 0 heterocycles. The molecule has 0 saturated carbocycles. The Kier molecular flexibility index (Phi) is 6.27. The van der Waals surface area contributed by atoms with Gasteiger partial charge in [-0.1, -0.05) is 12.1 Å². The number of amides is 2. The molecule has 0 bridgehead atoms. The van der Waals surface area contributed by atoms with Gasteiger partial charge in [-0.05, 0) is 17.7 Å². The van der Waals surface area contributed by atoms with E-state index < -0.39 is 53.0 Å². The van der Waals surface area contributed by atoms with Crippen molar-refractivity contribution in [2.45, 2.75) is 30.7 Å². The lowest BCUT2D eigenvalue weighted by molar-refractivity contribution is -0.283. The summed E-state index contributed by atoms with van der Waals surface area (Å²) in [6, 6.07) is 3.77. The van der Waals surface area contributed by atoms with Gasteiger partial charge in [-0.15, -0.1) is 0 Å². The summed E-state index contributed by atoms with van der Waals surface area (Å²) in [6.07, 6.45) is -13.3. The topological polar surface area (TPSA) is 46.6 Å². The predicted octanol–water partition coefficient (Wildman–Crippen LogP) is 3.95. The summed E-state index contributed by atoms with van der Waals surface area (Å²) in [7, 11) is 1.17. The highest BCUT2D eigenvalue weighted by atomic mass is 19.4. The molecule has 0 fully saturated rings. The zero-order chi connectivity index (χ0) is 22.1. The van der Waals surface area contributed by atoms with E-state index in [0.29, 0.717) is 0 Å². The highest BCUT2D eigenvalue weighted by Crippen LogP contribution is 2.41. The number of benzene rings is 1. The molecule has 0 saturated heterocycles. The van der Waals surface area contributed by atoms with Gasteiger partial charge >= 0.3 is 36.0 Å². The number of carbonyl (C=O) groups excluding carboxylic acids is 2. The first-order valence-electron chi connectivity index (χ1n) is 6.85. The molecule has 28 heavy (non-hydrogen) atoms. The van der Waals surface area contributed by atoms with Crippen molar-refractivity contribution in [2.24, 2.45) is 0 Å². The number of carbonyl (C=O) groups is 2. The zero-order valence-corrected chi connectivity index (χ0v) is 13.5. The smallest absolute Gasteiger partial charge is 0.463 e. The van der Waals surface area contributed by atoms with Crippen molar-refractivity contribution in [3.05, 3.63) is 29.8 Å². The van der Waals surface area contributed by atoms with Gasteiger partial charge in [0.05, 0.1) is 13.7 Å². The van der Waals surface area contributed by atoms with Crippen LogP contribution in [0.2, 0.25) is 0 Å². The minimum atomic E-state index is -6.64. The third-order valence-electron chi connectivity index (χ3n) is 3.24. The molecule has 4 nitrogen and oxygen atoms in total. The zero-order valence-electron chi connectivity index (χ0n) is 13.5. The van der Waals surface area contributed by atoms with Crippen LogP contribution in [0.3, 0.4) is 0 Å². The average Bonchev–Trinajstić information content (AvgIpc) is 2.56. The lowest BCUT2D eigenvalue weighted by Gasteiger charge is -2.30. The highest BCUT2D eigenvalue weighted by molar-refractivity contribution is 6.02. The van der Waals surface area contributed by atoms with Gasteiger partial charge in [0.1, 0.15) is 5.75 Å². The number of halogens is 10. The molecule has 1 aromatic rings. The number of ether oxygens (including phenoxy) is 1. The van der Waals surface area contributed by atoms with E-state index >= 15 is 0 Å². The van der Waals surface area contributed by atoms with Crippen molar-refractivity contribution in [3.63, 3.8) is 0 Å². The van der Waals surface area contributed by atoms with Gasteiger partial charge in [-0.25, -0.2) is 0 Å². The first-order chi connectivity index (χ1) is 12.5. The van der Waals surface area contributed by atoms with Gasteiger partial charge in [0.2, 0.25) is 0 Å².